The third-order valence-electron chi connectivity index (χ3n) is 2.72. The standard InChI is InChI=1S/C10H11F11O.CH3F/c1-2-5(8(14,15)16)3-6(9(17,18)19)10(20,21)22-7(12,13)4-11;1-2/h5-6H,2-4H2,1H3;1H3. The van der Waals surface area contributed by atoms with Crippen LogP contribution in [0.3, 0.4) is 0 Å². The van der Waals surface area contributed by atoms with Gasteiger partial charge in [-0.25, -0.2) is 4.39 Å². The summed E-state index contributed by atoms with van der Waals surface area (Å²) >= 11 is 0. The molecule has 0 aliphatic carbocycles. The van der Waals surface area contributed by atoms with Gasteiger partial charge in [0.25, 0.3) is 0 Å². The molecular weight excluding hydrogens is 376 g/mol. The molecule has 0 aromatic heterocycles. The number of rotatable bonds is 7. The van der Waals surface area contributed by atoms with Crippen molar-refractivity contribution in [1.29, 1.82) is 0 Å². The van der Waals surface area contributed by atoms with Gasteiger partial charge in [0.15, 0.2) is 6.67 Å². The van der Waals surface area contributed by atoms with Crippen LogP contribution in [0.5, 0.6) is 0 Å². The van der Waals surface area contributed by atoms with E-state index in [4.69, 9.17) is 0 Å². The second-order valence-electron chi connectivity index (χ2n) is 4.41. The maximum atomic E-state index is 13.2. The highest BCUT2D eigenvalue weighted by Gasteiger charge is 2.62. The summed E-state index contributed by atoms with van der Waals surface area (Å²) in [4.78, 5) is 0. The van der Waals surface area contributed by atoms with E-state index in [0.717, 1.165) is 6.92 Å². The topological polar surface area (TPSA) is 9.23 Å². The Kier molecular flexibility index (Phi) is 9.50. The van der Waals surface area contributed by atoms with Gasteiger partial charge in [0.05, 0.1) is 13.1 Å². The van der Waals surface area contributed by atoms with Gasteiger partial charge >= 0.3 is 24.6 Å². The SMILES string of the molecule is CCC(CC(C(F)(F)F)C(F)(F)OC(F)(F)CF)C(F)(F)F.CF. The molecule has 0 aromatic rings. The van der Waals surface area contributed by atoms with Crippen molar-refractivity contribution in [2.24, 2.45) is 11.8 Å². The Balaban J connectivity index is 0. The lowest BCUT2D eigenvalue weighted by Gasteiger charge is -2.32. The van der Waals surface area contributed by atoms with Crippen LogP contribution in [0.1, 0.15) is 19.8 Å². The van der Waals surface area contributed by atoms with Crippen LogP contribution >= 0.6 is 0 Å². The maximum Gasteiger partial charge on any atom is 0.400 e. The minimum atomic E-state index is -5.96. The van der Waals surface area contributed by atoms with Crippen LogP contribution in [0.2, 0.25) is 0 Å². The fourth-order valence-electron chi connectivity index (χ4n) is 1.58. The van der Waals surface area contributed by atoms with E-state index in [9.17, 15) is 52.7 Å². The maximum absolute atomic E-state index is 13.2. The minimum absolute atomic E-state index is 0.500. The Morgan fingerprint density at radius 2 is 1.21 bits per heavy atom. The van der Waals surface area contributed by atoms with Gasteiger partial charge in [-0.3, -0.25) is 9.13 Å². The molecule has 13 heteroatoms. The normalized spacial score (nSPS) is 16.2. The summed E-state index contributed by atoms with van der Waals surface area (Å²) in [7, 11) is 0.500. The third kappa shape index (κ3) is 8.29. The lowest BCUT2D eigenvalue weighted by molar-refractivity contribution is -0.421. The molecule has 0 aliphatic heterocycles. The highest BCUT2D eigenvalue weighted by atomic mass is 19.4. The van der Waals surface area contributed by atoms with Crippen LogP contribution in [0.4, 0.5) is 52.7 Å². The van der Waals surface area contributed by atoms with E-state index in [1.165, 1.54) is 0 Å². The van der Waals surface area contributed by atoms with Gasteiger partial charge in [-0.05, 0) is 12.8 Å². The zero-order valence-electron chi connectivity index (χ0n) is 12.2. The van der Waals surface area contributed by atoms with Crippen molar-refractivity contribution in [1.82, 2.24) is 0 Å². The number of ether oxygens (including phenoxy) is 1. The molecule has 0 fully saturated rings. The number of hydrogen-bond donors (Lipinski definition) is 0. The lowest BCUT2D eigenvalue weighted by atomic mass is 9.90. The van der Waals surface area contributed by atoms with E-state index in [1.54, 1.807) is 0 Å². The van der Waals surface area contributed by atoms with Gasteiger partial charge in [0.1, 0.15) is 5.92 Å². The molecule has 148 valence electrons. The van der Waals surface area contributed by atoms with Crippen LogP contribution in [-0.2, 0) is 4.74 Å². The van der Waals surface area contributed by atoms with Crippen molar-refractivity contribution < 1.29 is 57.4 Å². The predicted molar refractivity (Wildman–Crippen MR) is 58.0 cm³/mol. The third-order valence-corrected chi connectivity index (χ3v) is 2.72. The average molecular weight is 390 g/mol. The molecule has 0 saturated heterocycles. The Morgan fingerprint density at radius 3 is 1.46 bits per heavy atom. The van der Waals surface area contributed by atoms with Crippen molar-refractivity contribution in [3.63, 3.8) is 0 Å². The molecule has 1 nitrogen and oxygen atoms in total. The number of alkyl halides is 12. The Hall–Kier alpha value is -0.880. The molecule has 0 amide bonds. The molecule has 0 aliphatic rings. The minimum Gasteiger partial charge on any atom is -0.255 e. The summed E-state index contributed by atoms with van der Waals surface area (Å²) in [5, 5.41) is 0. The molecule has 0 aromatic carbocycles. The van der Waals surface area contributed by atoms with Crippen molar-refractivity contribution in [3.05, 3.63) is 0 Å². The van der Waals surface area contributed by atoms with Gasteiger partial charge in [0.2, 0.25) is 0 Å². The van der Waals surface area contributed by atoms with E-state index < -0.39 is 55.9 Å². The zero-order chi connectivity index (χ0) is 20.0. The van der Waals surface area contributed by atoms with E-state index in [0.29, 0.717) is 7.18 Å². The van der Waals surface area contributed by atoms with Gasteiger partial charge < -0.3 is 0 Å². The van der Waals surface area contributed by atoms with Gasteiger partial charge in [-0.2, -0.15) is 43.9 Å². The summed E-state index contributed by atoms with van der Waals surface area (Å²) in [6, 6.07) is 0. The second kappa shape index (κ2) is 8.99. The molecule has 0 N–H and O–H groups in total. The van der Waals surface area contributed by atoms with E-state index in [1.807, 2.05) is 0 Å². The molecule has 0 heterocycles. The molecule has 0 rings (SSSR count). The first kappa shape index (κ1) is 25.4. The van der Waals surface area contributed by atoms with Crippen LogP contribution in [0.25, 0.3) is 0 Å². The van der Waals surface area contributed by atoms with E-state index >= 15 is 0 Å². The summed E-state index contributed by atoms with van der Waals surface area (Å²) in [5.74, 6) is -6.98. The number of hydrogen-bond acceptors (Lipinski definition) is 1. The molecule has 0 bridgehead atoms. The Morgan fingerprint density at radius 1 is 0.792 bits per heavy atom. The quantitative estimate of drug-likeness (QED) is 0.492. The first-order valence-electron chi connectivity index (χ1n) is 6.09. The highest BCUT2D eigenvalue weighted by Crippen LogP contribution is 2.47. The van der Waals surface area contributed by atoms with E-state index in [-0.39, 0.29) is 0 Å². The fourth-order valence-corrected chi connectivity index (χ4v) is 1.58. The van der Waals surface area contributed by atoms with Crippen molar-refractivity contribution >= 4 is 0 Å². The molecule has 0 saturated carbocycles. The van der Waals surface area contributed by atoms with Crippen LogP contribution in [0.15, 0.2) is 0 Å². The average Bonchev–Trinajstić information content (AvgIpc) is 2.37. The lowest BCUT2D eigenvalue weighted by Crippen LogP contribution is -2.47. The van der Waals surface area contributed by atoms with Gasteiger partial charge in [-0.15, -0.1) is 0 Å². The first-order chi connectivity index (χ1) is 10.6. The molecular formula is C11H14F12O. The highest BCUT2D eigenvalue weighted by molar-refractivity contribution is 4.82. The van der Waals surface area contributed by atoms with Crippen molar-refractivity contribution in [3.8, 4) is 0 Å². The number of halogens is 12. The smallest absolute Gasteiger partial charge is 0.255 e. The zero-order valence-corrected chi connectivity index (χ0v) is 12.2. The van der Waals surface area contributed by atoms with Gasteiger partial charge in [-0.1, -0.05) is 6.92 Å². The first-order valence-corrected chi connectivity index (χ1v) is 6.09. The van der Waals surface area contributed by atoms with Crippen LogP contribution in [-0.4, -0.2) is 38.4 Å². The Bertz CT molecular complexity index is 348. The van der Waals surface area contributed by atoms with Crippen molar-refractivity contribution in [2.75, 3.05) is 13.9 Å². The van der Waals surface area contributed by atoms with Crippen molar-refractivity contribution in [2.45, 2.75) is 44.3 Å². The van der Waals surface area contributed by atoms with Crippen LogP contribution < -0.4 is 0 Å². The summed E-state index contributed by atoms with van der Waals surface area (Å²) in [6.45, 7) is -2.07. The molecule has 0 spiro atoms. The molecule has 24 heavy (non-hydrogen) atoms. The Labute approximate surface area is 128 Å². The second-order valence-corrected chi connectivity index (χ2v) is 4.41. The fraction of sp³-hybridized carbons (Fsp3) is 1.00. The van der Waals surface area contributed by atoms with E-state index in [2.05, 4.69) is 4.74 Å². The van der Waals surface area contributed by atoms with Gasteiger partial charge in [0, 0.05) is 0 Å². The monoisotopic (exact) mass is 390 g/mol. The molecule has 2 unspecified atom stereocenters. The molecule has 0 radical (unpaired) electrons. The summed E-state index contributed by atoms with van der Waals surface area (Å²) < 4.78 is 150. The summed E-state index contributed by atoms with van der Waals surface area (Å²) in [5.41, 5.74) is 0. The van der Waals surface area contributed by atoms with Crippen LogP contribution in [0, 0.1) is 11.8 Å². The molecule has 2 atom stereocenters. The largest absolute Gasteiger partial charge is 0.400 e. The summed E-state index contributed by atoms with van der Waals surface area (Å²) in [6.07, 6.45) is -25.4. The predicted octanol–water partition coefficient (Wildman–Crippen LogP) is 5.90.